The highest BCUT2D eigenvalue weighted by atomic mass is 35.5. The van der Waals surface area contributed by atoms with Gasteiger partial charge in [-0.1, -0.05) is 13.8 Å². The molecule has 0 aliphatic carbocycles. The third kappa shape index (κ3) is 8.12. The number of rotatable bonds is 8. The monoisotopic (exact) mass is 684 g/mol. The van der Waals surface area contributed by atoms with E-state index in [1.807, 2.05) is 26.0 Å². The van der Waals surface area contributed by atoms with Crippen LogP contribution in [0.5, 0.6) is 0 Å². The third-order valence-corrected chi connectivity index (χ3v) is 8.69. The van der Waals surface area contributed by atoms with Crippen molar-refractivity contribution in [1.82, 2.24) is 19.9 Å². The van der Waals surface area contributed by atoms with Crippen LogP contribution in [0.1, 0.15) is 98.4 Å². The van der Waals surface area contributed by atoms with Crippen molar-refractivity contribution in [3.63, 3.8) is 0 Å². The first-order chi connectivity index (χ1) is 21.4. The molecule has 8 bridgehead atoms. The zero-order chi connectivity index (χ0) is 33.0. The molecule has 2 aliphatic heterocycles. The van der Waals surface area contributed by atoms with E-state index in [0.717, 1.165) is 74.2 Å². The molecule has 0 saturated carbocycles. The van der Waals surface area contributed by atoms with Crippen LogP contribution in [0.3, 0.4) is 0 Å². The second kappa shape index (κ2) is 16.4. The van der Waals surface area contributed by atoms with Crippen LogP contribution >= 0.6 is 24.8 Å². The average molecular weight is 686 g/mol. The third-order valence-electron chi connectivity index (χ3n) is 8.69. The van der Waals surface area contributed by atoms with E-state index in [2.05, 4.69) is 49.8 Å². The molecule has 3 aromatic rings. The first-order valence-corrected chi connectivity index (χ1v) is 15.1. The SMILES string of the molecule is CCc1c(C)c2cc3[nH]c(cc4nc(cc5nc(cc1[nH]2)C(C)=C5CCC(=O)O)C(CCC(=O)O)=C4C)c(C)c3CC.Cl.Cl.O=CO. The topological polar surface area (TPSA) is 169 Å². The van der Waals surface area contributed by atoms with Gasteiger partial charge in [0.15, 0.2) is 0 Å². The lowest BCUT2D eigenvalue weighted by Gasteiger charge is -2.05. The van der Waals surface area contributed by atoms with E-state index in [0.29, 0.717) is 24.2 Å². The number of carbonyl (C=O) groups is 3. The molecule has 3 aromatic heterocycles. The summed E-state index contributed by atoms with van der Waals surface area (Å²) in [4.78, 5) is 48.7. The summed E-state index contributed by atoms with van der Waals surface area (Å²) in [7, 11) is 0. The van der Waals surface area contributed by atoms with Gasteiger partial charge in [-0.05, 0) is 122 Å². The number of aromatic nitrogens is 4. The van der Waals surface area contributed by atoms with Crippen LogP contribution in [0.2, 0.25) is 0 Å². The number of carboxylic acids is 2. The van der Waals surface area contributed by atoms with Crippen molar-refractivity contribution >= 4 is 87.6 Å². The lowest BCUT2D eigenvalue weighted by Crippen LogP contribution is -1.97. The van der Waals surface area contributed by atoms with Gasteiger partial charge in [-0.3, -0.25) is 14.4 Å². The standard InChI is InChI=1S/C34H38N4O4.CH2O2.2ClH/c1-7-21-17(3)25-13-26-19(5)23(9-11-33(39)40)31(37-26)16-32-24(10-12-34(41)42)20(6)28(38-32)15-30-22(8-2)18(4)27(36-30)14-29(21)35-25;2-1-3;;/h13-16,35-36H,7-12H2,1-6H3,(H,39,40)(H,41,42);1H,(H,2,3);2*1H. The van der Waals surface area contributed by atoms with Crippen LogP contribution in [-0.2, 0) is 27.2 Å². The summed E-state index contributed by atoms with van der Waals surface area (Å²) in [5, 5.41) is 25.8. The number of allylic oxidation sites excluding steroid dienone is 4. The van der Waals surface area contributed by atoms with Gasteiger partial charge in [-0.15, -0.1) is 24.8 Å². The second-order valence-electron chi connectivity index (χ2n) is 11.3. The number of hydrogen-bond donors (Lipinski definition) is 5. The molecule has 2 aliphatic rings. The number of aromatic amines is 2. The van der Waals surface area contributed by atoms with Crippen molar-refractivity contribution in [2.24, 2.45) is 0 Å². The van der Waals surface area contributed by atoms with Crippen LogP contribution in [0.15, 0.2) is 24.3 Å². The average Bonchev–Trinajstić information content (AvgIpc) is 3.64. The smallest absolute Gasteiger partial charge is 0.303 e. The zero-order valence-corrected chi connectivity index (χ0v) is 29.0. The highest BCUT2D eigenvalue weighted by molar-refractivity contribution is 5.96. The van der Waals surface area contributed by atoms with E-state index in [1.165, 1.54) is 16.7 Å². The summed E-state index contributed by atoms with van der Waals surface area (Å²) < 4.78 is 0. The number of aliphatic carboxylic acids is 2. The van der Waals surface area contributed by atoms with Crippen LogP contribution in [0.4, 0.5) is 0 Å². The van der Waals surface area contributed by atoms with E-state index in [1.54, 1.807) is 0 Å². The molecule has 252 valence electrons. The van der Waals surface area contributed by atoms with Crippen LogP contribution < -0.4 is 0 Å². The van der Waals surface area contributed by atoms with Gasteiger partial charge in [0.05, 0.1) is 22.8 Å². The number of nitrogens with one attached hydrogen (secondary N) is 2. The Morgan fingerprint density at radius 3 is 1.40 bits per heavy atom. The zero-order valence-electron chi connectivity index (χ0n) is 27.4. The minimum absolute atomic E-state index is 0. The van der Waals surface area contributed by atoms with E-state index in [-0.39, 0.29) is 44.1 Å². The fourth-order valence-corrected chi connectivity index (χ4v) is 6.22. The summed E-state index contributed by atoms with van der Waals surface area (Å²) in [6.07, 6.45) is 2.37. The van der Waals surface area contributed by atoms with Crippen LogP contribution in [0, 0.1) is 13.8 Å². The predicted molar refractivity (Wildman–Crippen MR) is 191 cm³/mol. The number of nitrogens with zero attached hydrogens (tertiary/aromatic N) is 2. The maximum absolute atomic E-state index is 11.5. The molecule has 0 amide bonds. The number of hydrogen-bond acceptors (Lipinski definition) is 5. The van der Waals surface area contributed by atoms with Crippen molar-refractivity contribution in [3.05, 3.63) is 69.3 Å². The molecular weight excluding hydrogens is 643 g/mol. The van der Waals surface area contributed by atoms with Gasteiger partial charge in [-0.2, -0.15) is 0 Å². The van der Waals surface area contributed by atoms with Crippen molar-refractivity contribution < 1.29 is 29.7 Å². The van der Waals surface area contributed by atoms with Crippen molar-refractivity contribution in [2.45, 2.75) is 80.1 Å². The largest absolute Gasteiger partial charge is 0.483 e. The second-order valence-corrected chi connectivity index (χ2v) is 11.3. The van der Waals surface area contributed by atoms with Gasteiger partial charge in [0.25, 0.3) is 6.47 Å². The molecule has 0 radical (unpaired) electrons. The van der Waals surface area contributed by atoms with E-state index in [9.17, 15) is 19.8 Å². The van der Waals surface area contributed by atoms with Crippen molar-refractivity contribution in [1.29, 1.82) is 0 Å². The lowest BCUT2D eigenvalue weighted by molar-refractivity contribution is -0.137. The first kappa shape index (κ1) is 38.8. The molecule has 0 aromatic carbocycles. The van der Waals surface area contributed by atoms with Gasteiger partial charge in [0, 0.05) is 34.9 Å². The molecule has 5 heterocycles. The predicted octanol–water partition coefficient (Wildman–Crippen LogP) is 8.19. The summed E-state index contributed by atoms with van der Waals surface area (Å²) in [5.41, 5.74) is 15.4. The van der Waals surface area contributed by atoms with Crippen LogP contribution in [0.25, 0.3) is 44.4 Å². The number of halogens is 2. The molecular formula is C35H42Cl2N4O6. The molecule has 0 unspecified atom stereocenters. The first-order valence-electron chi connectivity index (χ1n) is 15.1. The number of H-pyrrole nitrogens is 2. The number of fused-ring (bicyclic) bond motifs is 8. The molecule has 5 rings (SSSR count). The summed E-state index contributed by atoms with van der Waals surface area (Å²) in [6.45, 7) is 12.3. The molecule has 0 spiro atoms. The Hall–Kier alpha value is -4.41. The molecule has 0 fully saturated rings. The Morgan fingerprint density at radius 2 is 1.02 bits per heavy atom. The quantitative estimate of drug-likeness (QED) is 0.148. The Bertz CT molecular complexity index is 1920. The van der Waals surface area contributed by atoms with Crippen molar-refractivity contribution in [3.8, 4) is 0 Å². The summed E-state index contributed by atoms with van der Waals surface area (Å²) >= 11 is 0. The number of aryl methyl sites for hydroxylation is 4. The molecule has 10 nitrogen and oxygen atoms in total. The van der Waals surface area contributed by atoms with Gasteiger partial charge in [0.1, 0.15) is 0 Å². The van der Waals surface area contributed by atoms with Gasteiger partial charge >= 0.3 is 11.9 Å². The number of carboxylic acid groups (broad SMARTS) is 3. The molecule has 0 saturated heterocycles. The minimum atomic E-state index is -0.869. The molecule has 5 N–H and O–H groups in total. The van der Waals surface area contributed by atoms with Gasteiger partial charge in [0.2, 0.25) is 0 Å². The minimum Gasteiger partial charge on any atom is -0.483 e. The highest BCUT2D eigenvalue weighted by Gasteiger charge is 2.22. The van der Waals surface area contributed by atoms with E-state index < -0.39 is 11.9 Å². The van der Waals surface area contributed by atoms with Crippen LogP contribution in [-0.4, -0.2) is 53.7 Å². The van der Waals surface area contributed by atoms with E-state index in [4.69, 9.17) is 19.9 Å². The van der Waals surface area contributed by atoms with Gasteiger partial charge < -0.3 is 25.3 Å². The van der Waals surface area contributed by atoms with Crippen molar-refractivity contribution in [2.75, 3.05) is 0 Å². The Kier molecular flexibility index (Phi) is 13.5. The Morgan fingerprint density at radius 1 is 0.660 bits per heavy atom. The molecule has 12 heteroatoms. The highest BCUT2D eigenvalue weighted by Crippen LogP contribution is 2.38. The Labute approximate surface area is 285 Å². The molecule has 47 heavy (non-hydrogen) atoms. The lowest BCUT2D eigenvalue weighted by atomic mass is 9.98. The Balaban J connectivity index is 0.00000148. The normalized spacial score (nSPS) is 12.1. The fourth-order valence-electron chi connectivity index (χ4n) is 6.22. The summed E-state index contributed by atoms with van der Waals surface area (Å²) in [6, 6.07) is 8.19. The summed E-state index contributed by atoms with van der Waals surface area (Å²) in [5.74, 6) is -1.74. The van der Waals surface area contributed by atoms with E-state index >= 15 is 0 Å². The van der Waals surface area contributed by atoms with Gasteiger partial charge in [-0.25, -0.2) is 9.97 Å². The fraction of sp³-hybridized carbons (Fsp3) is 0.343. The maximum Gasteiger partial charge on any atom is 0.303 e. The maximum atomic E-state index is 11.5. The molecule has 0 atom stereocenters.